The average molecular weight is 274 g/mol. The molecule has 0 saturated heterocycles. The summed E-state index contributed by atoms with van der Waals surface area (Å²) in [5, 5.41) is 3.47. The van der Waals surface area contributed by atoms with Gasteiger partial charge in [-0.25, -0.2) is 0 Å². The lowest BCUT2D eigenvalue weighted by Crippen LogP contribution is -2.44. The van der Waals surface area contributed by atoms with Crippen molar-refractivity contribution in [3.05, 3.63) is 30.0 Å². The maximum atomic E-state index is 12.2. The highest BCUT2D eigenvalue weighted by Crippen LogP contribution is 2.20. The van der Waals surface area contributed by atoms with Gasteiger partial charge in [-0.15, -0.1) is 0 Å². The quantitative estimate of drug-likeness (QED) is 0.728. The highest BCUT2D eigenvalue weighted by atomic mass is 16.2. The van der Waals surface area contributed by atoms with Crippen molar-refractivity contribution in [3.8, 4) is 0 Å². The number of anilines is 1. The summed E-state index contributed by atoms with van der Waals surface area (Å²) in [6, 6.07) is 4.72. The number of nitrogens with zero attached hydrogens (tertiary/aromatic N) is 1. The zero-order chi connectivity index (χ0) is 14.9. The van der Waals surface area contributed by atoms with E-state index in [1.165, 1.54) is 4.90 Å². The van der Waals surface area contributed by atoms with Gasteiger partial charge in [0.2, 0.25) is 5.91 Å². The van der Waals surface area contributed by atoms with Crippen LogP contribution < -0.4 is 11.1 Å². The molecule has 2 rings (SSSR count). The number of rotatable bonds is 3. The van der Waals surface area contributed by atoms with Crippen LogP contribution in [-0.4, -0.2) is 41.8 Å². The van der Waals surface area contributed by atoms with Gasteiger partial charge in [0.25, 0.3) is 5.91 Å². The summed E-state index contributed by atoms with van der Waals surface area (Å²) in [7, 11) is 3.30. The number of aromatic amines is 1. The zero-order valence-electron chi connectivity index (χ0n) is 11.7. The van der Waals surface area contributed by atoms with Gasteiger partial charge in [-0.1, -0.05) is 0 Å². The number of nitrogens with two attached hydrogens (primary N) is 1. The van der Waals surface area contributed by atoms with Gasteiger partial charge in [-0.2, -0.15) is 0 Å². The van der Waals surface area contributed by atoms with E-state index in [1.54, 1.807) is 45.4 Å². The lowest BCUT2D eigenvalue weighted by molar-refractivity contribution is -0.130. The minimum absolute atomic E-state index is 0.151. The van der Waals surface area contributed by atoms with Crippen LogP contribution in [0.4, 0.5) is 5.69 Å². The number of likely N-dealkylation sites (N-methyl/N-ethyl adjacent to an activating group) is 1. The van der Waals surface area contributed by atoms with Crippen LogP contribution in [0.1, 0.15) is 17.3 Å². The molecule has 1 atom stereocenters. The molecule has 1 aromatic carbocycles. The van der Waals surface area contributed by atoms with Crippen LogP contribution in [0.15, 0.2) is 24.4 Å². The fourth-order valence-corrected chi connectivity index (χ4v) is 2.06. The summed E-state index contributed by atoms with van der Waals surface area (Å²) in [4.78, 5) is 28.4. The van der Waals surface area contributed by atoms with E-state index >= 15 is 0 Å². The van der Waals surface area contributed by atoms with Crippen molar-refractivity contribution < 1.29 is 9.59 Å². The van der Waals surface area contributed by atoms with Gasteiger partial charge in [-0.3, -0.25) is 9.59 Å². The smallest absolute Gasteiger partial charge is 0.254 e. The van der Waals surface area contributed by atoms with Crippen LogP contribution in [0.2, 0.25) is 0 Å². The van der Waals surface area contributed by atoms with E-state index < -0.39 is 6.04 Å². The Morgan fingerprint density at radius 1 is 1.35 bits per heavy atom. The molecule has 4 N–H and O–H groups in total. The monoisotopic (exact) mass is 274 g/mol. The number of nitrogen functional groups attached to an aromatic ring is 1. The van der Waals surface area contributed by atoms with Crippen LogP contribution in [0.3, 0.4) is 0 Å². The number of H-pyrrole nitrogens is 1. The number of carbonyl (C=O) groups is 2. The Labute approximate surface area is 116 Å². The molecule has 20 heavy (non-hydrogen) atoms. The highest BCUT2D eigenvalue weighted by molar-refractivity contribution is 6.08. The summed E-state index contributed by atoms with van der Waals surface area (Å²) in [5.41, 5.74) is 7.61. The summed E-state index contributed by atoms with van der Waals surface area (Å²) in [5.74, 6) is -0.439. The van der Waals surface area contributed by atoms with Gasteiger partial charge < -0.3 is 20.9 Å². The van der Waals surface area contributed by atoms with E-state index in [4.69, 9.17) is 5.73 Å². The molecule has 0 aliphatic carbocycles. The first-order valence-corrected chi connectivity index (χ1v) is 6.29. The fraction of sp³-hybridized carbons (Fsp3) is 0.286. The van der Waals surface area contributed by atoms with E-state index in [0.29, 0.717) is 11.3 Å². The first kappa shape index (κ1) is 13.9. The van der Waals surface area contributed by atoms with Crippen molar-refractivity contribution in [1.82, 2.24) is 15.2 Å². The van der Waals surface area contributed by atoms with Gasteiger partial charge in [0, 0.05) is 36.9 Å². The Bertz CT molecular complexity index is 660. The van der Waals surface area contributed by atoms with E-state index in [0.717, 1.165) is 10.9 Å². The van der Waals surface area contributed by atoms with Gasteiger partial charge in [-0.05, 0) is 25.1 Å². The third-order valence-electron chi connectivity index (χ3n) is 3.11. The SMILES string of the molecule is CC(NC(=O)c1c[nH]c2cc(N)ccc12)C(=O)N(C)C. The van der Waals surface area contributed by atoms with Crippen molar-refractivity contribution in [1.29, 1.82) is 0 Å². The second kappa shape index (κ2) is 5.24. The minimum Gasteiger partial charge on any atom is -0.399 e. The second-order valence-electron chi connectivity index (χ2n) is 4.94. The van der Waals surface area contributed by atoms with E-state index in [9.17, 15) is 9.59 Å². The Morgan fingerprint density at radius 3 is 2.70 bits per heavy atom. The highest BCUT2D eigenvalue weighted by Gasteiger charge is 2.19. The van der Waals surface area contributed by atoms with E-state index in [-0.39, 0.29) is 11.8 Å². The summed E-state index contributed by atoms with van der Waals surface area (Å²) in [6.45, 7) is 1.66. The van der Waals surface area contributed by atoms with Crippen molar-refractivity contribution in [2.24, 2.45) is 0 Å². The lowest BCUT2D eigenvalue weighted by atomic mass is 10.1. The first-order valence-electron chi connectivity index (χ1n) is 6.29. The Morgan fingerprint density at radius 2 is 2.05 bits per heavy atom. The standard InChI is InChI=1S/C14H18N4O2/c1-8(14(20)18(2)3)17-13(19)11-7-16-12-6-9(15)4-5-10(11)12/h4-8,16H,15H2,1-3H3,(H,17,19). The van der Waals surface area contributed by atoms with Crippen molar-refractivity contribution in [3.63, 3.8) is 0 Å². The van der Waals surface area contributed by atoms with Crippen LogP contribution >= 0.6 is 0 Å². The second-order valence-corrected chi connectivity index (χ2v) is 4.94. The van der Waals surface area contributed by atoms with Crippen molar-refractivity contribution in [2.75, 3.05) is 19.8 Å². The molecule has 6 nitrogen and oxygen atoms in total. The third kappa shape index (κ3) is 2.59. The molecule has 6 heteroatoms. The van der Waals surface area contributed by atoms with Gasteiger partial charge in [0.15, 0.2) is 0 Å². The molecule has 1 aromatic heterocycles. The summed E-state index contributed by atoms with van der Waals surface area (Å²) < 4.78 is 0. The number of aromatic nitrogens is 1. The zero-order valence-corrected chi connectivity index (χ0v) is 11.7. The van der Waals surface area contributed by atoms with Crippen molar-refractivity contribution in [2.45, 2.75) is 13.0 Å². The predicted molar refractivity (Wildman–Crippen MR) is 78.3 cm³/mol. The normalized spacial score (nSPS) is 12.2. The average Bonchev–Trinajstić information content (AvgIpc) is 2.80. The van der Waals surface area contributed by atoms with Gasteiger partial charge in [0.1, 0.15) is 6.04 Å². The molecule has 2 amide bonds. The molecule has 0 bridgehead atoms. The first-order chi connectivity index (χ1) is 9.40. The van der Waals surface area contributed by atoms with Crippen molar-refractivity contribution >= 4 is 28.4 Å². The number of hydrogen-bond donors (Lipinski definition) is 3. The molecule has 0 aliphatic heterocycles. The number of fused-ring (bicyclic) bond motifs is 1. The topological polar surface area (TPSA) is 91.2 Å². The number of nitrogens with one attached hydrogen (secondary N) is 2. The molecular formula is C14H18N4O2. The predicted octanol–water partition coefficient (Wildman–Crippen LogP) is 0.957. The number of amides is 2. The molecule has 0 aliphatic rings. The molecule has 1 heterocycles. The van der Waals surface area contributed by atoms with Crippen LogP contribution in [0.25, 0.3) is 10.9 Å². The lowest BCUT2D eigenvalue weighted by Gasteiger charge is -2.17. The molecular weight excluding hydrogens is 256 g/mol. The molecule has 0 spiro atoms. The maximum Gasteiger partial charge on any atom is 0.254 e. The molecule has 0 radical (unpaired) electrons. The number of benzene rings is 1. The largest absolute Gasteiger partial charge is 0.399 e. The summed E-state index contributed by atoms with van der Waals surface area (Å²) >= 11 is 0. The van der Waals surface area contributed by atoms with E-state index in [2.05, 4.69) is 10.3 Å². The molecule has 106 valence electrons. The van der Waals surface area contributed by atoms with E-state index in [1.807, 2.05) is 0 Å². The Balaban J connectivity index is 2.22. The Kier molecular flexibility index (Phi) is 3.65. The summed E-state index contributed by atoms with van der Waals surface area (Å²) in [6.07, 6.45) is 1.62. The van der Waals surface area contributed by atoms with Gasteiger partial charge in [0.05, 0.1) is 5.56 Å². The molecule has 0 saturated carbocycles. The fourth-order valence-electron chi connectivity index (χ4n) is 2.06. The van der Waals surface area contributed by atoms with Crippen LogP contribution in [0, 0.1) is 0 Å². The Hall–Kier alpha value is -2.50. The van der Waals surface area contributed by atoms with Crippen LogP contribution in [-0.2, 0) is 4.79 Å². The molecule has 1 unspecified atom stereocenters. The number of carbonyl (C=O) groups excluding carboxylic acids is 2. The maximum absolute atomic E-state index is 12.2. The third-order valence-corrected chi connectivity index (χ3v) is 3.11. The minimum atomic E-state index is -0.573. The molecule has 2 aromatic rings. The van der Waals surface area contributed by atoms with Gasteiger partial charge >= 0.3 is 0 Å². The molecule has 0 fully saturated rings. The van der Waals surface area contributed by atoms with Crippen LogP contribution in [0.5, 0.6) is 0 Å². The number of hydrogen-bond acceptors (Lipinski definition) is 3.